The summed E-state index contributed by atoms with van der Waals surface area (Å²) < 4.78 is 5.34. The number of aromatic nitrogens is 2. The minimum atomic E-state index is 0.127. The van der Waals surface area contributed by atoms with Crippen LogP contribution in [0.25, 0.3) is 0 Å². The summed E-state index contributed by atoms with van der Waals surface area (Å²) >= 11 is 5.87. The Labute approximate surface area is 117 Å². The number of benzene rings is 1. The third kappa shape index (κ3) is 3.83. The first-order valence-electron chi connectivity index (χ1n) is 6.16. The molecule has 2 aromatic rings. The van der Waals surface area contributed by atoms with Crippen LogP contribution in [-0.4, -0.2) is 16.6 Å². The smallest absolute Gasteiger partial charge is 0.218 e. The molecule has 0 spiro atoms. The van der Waals surface area contributed by atoms with Gasteiger partial charge in [-0.2, -0.15) is 0 Å². The molecule has 1 unspecified atom stereocenters. The van der Waals surface area contributed by atoms with Crippen LogP contribution in [0.4, 0.5) is 5.82 Å². The van der Waals surface area contributed by atoms with E-state index in [9.17, 15) is 0 Å². The van der Waals surface area contributed by atoms with E-state index >= 15 is 0 Å². The van der Waals surface area contributed by atoms with Gasteiger partial charge in [0.15, 0.2) is 0 Å². The summed E-state index contributed by atoms with van der Waals surface area (Å²) in [7, 11) is 0. The number of halogens is 1. The van der Waals surface area contributed by atoms with Crippen molar-refractivity contribution >= 4 is 17.4 Å². The molecule has 1 heterocycles. The van der Waals surface area contributed by atoms with E-state index in [1.165, 1.54) is 6.33 Å². The molecule has 1 aromatic heterocycles. The monoisotopic (exact) mass is 277 g/mol. The van der Waals surface area contributed by atoms with E-state index < -0.39 is 0 Å². The fraction of sp³-hybridized carbons (Fsp3) is 0.286. The molecule has 1 atom stereocenters. The summed E-state index contributed by atoms with van der Waals surface area (Å²) in [5.74, 6) is 1.31. The third-order valence-electron chi connectivity index (χ3n) is 2.67. The van der Waals surface area contributed by atoms with E-state index in [-0.39, 0.29) is 6.04 Å². The van der Waals surface area contributed by atoms with E-state index in [2.05, 4.69) is 22.2 Å². The molecule has 0 aliphatic carbocycles. The maximum absolute atomic E-state index is 5.87. The second kappa shape index (κ2) is 6.38. The van der Waals surface area contributed by atoms with E-state index in [1.807, 2.05) is 31.2 Å². The molecule has 0 aliphatic rings. The third-order valence-corrected chi connectivity index (χ3v) is 2.92. The standard InChI is InChI=1S/C14H16ClN3O/c1-3-19-14-8-13(16-9-17-14)18-10(2)11-4-6-12(15)7-5-11/h4-10H,3H2,1-2H3,(H,16,17,18). The second-order valence-electron chi connectivity index (χ2n) is 4.09. The van der Waals surface area contributed by atoms with Crippen molar-refractivity contribution in [1.29, 1.82) is 0 Å². The Bertz CT molecular complexity index is 530. The normalized spacial score (nSPS) is 11.9. The second-order valence-corrected chi connectivity index (χ2v) is 4.53. The molecule has 0 radical (unpaired) electrons. The van der Waals surface area contributed by atoms with Gasteiger partial charge in [0.2, 0.25) is 5.88 Å². The Morgan fingerprint density at radius 3 is 2.68 bits per heavy atom. The van der Waals surface area contributed by atoms with Gasteiger partial charge < -0.3 is 10.1 Å². The highest BCUT2D eigenvalue weighted by molar-refractivity contribution is 6.30. The summed E-state index contributed by atoms with van der Waals surface area (Å²) in [5.41, 5.74) is 1.14. The predicted molar refractivity (Wildman–Crippen MR) is 76.7 cm³/mol. The van der Waals surface area contributed by atoms with Crippen molar-refractivity contribution in [3.8, 4) is 5.88 Å². The largest absolute Gasteiger partial charge is 0.478 e. The molecule has 2 rings (SSSR count). The van der Waals surface area contributed by atoms with Gasteiger partial charge in [0.25, 0.3) is 0 Å². The van der Waals surface area contributed by atoms with Crippen LogP contribution < -0.4 is 10.1 Å². The van der Waals surface area contributed by atoms with Crippen LogP contribution in [0.3, 0.4) is 0 Å². The van der Waals surface area contributed by atoms with Crippen molar-refractivity contribution in [3.63, 3.8) is 0 Å². The molecule has 0 aliphatic heterocycles. The quantitative estimate of drug-likeness (QED) is 0.905. The zero-order chi connectivity index (χ0) is 13.7. The van der Waals surface area contributed by atoms with E-state index in [0.29, 0.717) is 12.5 Å². The van der Waals surface area contributed by atoms with Crippen molar-refractivity contribution < 1.29 is 4.74 Å². The molecule has 1 aromatic carbocycles. The minimum Gasteiger partial charge on any atom is -0.478 e. The minimum absolute atomic E-state index is 0.127. The lowest BCUT2D eigenvalue weighted by atomic mass is 10.1. The molecule has 0 fully saturated rings. The Kier molecular flexibility index (Phi) is 4.58. The van der Waals surface area contributed by atoms with Crippen molar-refractivity contribution in [2.24, 2.45) is 0 Å². The van der Waals surface area contributed by atoms with Gasteiger partial charge in [-0.05, 0) is 31.5 Å². The molecule has 1 N–H and O–H groups in total. The number of hydrogen-bond donors (Lipinski definition) is 1. The number of ether oxygens (including phenoxy) is 1. The fourth-order valence-electron chi connectivity index (χ4n) is 1.70. The molecule has 0 saturated heterocycles. The first-order chi connectivity index (χ1) is 9.19. The van der Waals surface area contributed by atoms with Crippen LogP contribution in [0.5, 0.6) is 5.88 Å². The van der Waals surface area contributed by atoms with Crippen LogP contribution in [-0.2, 0) is 0 Å². The maximum atomic E-state index is 5.87. The summed E-state index contributed by atoms with van der Waals surface area (Å²) in [5, 5.41) is 4.04. The van der Waals surface area contributed by atoms with Crippen LogP contribution in [0.1, 0.15) is 25.5 Å². The lowest BCUT2D eigenvalue weighted by Gasteiger charge is -2.15. The zero-order valence-corrected chi connectivity index (χ0v) is 11.7. The first-order valence-corrected chi connectivity index (χ1v) is 6.53. The number of nitrogens with one attached hydrogen (secondary N) is 1. The van der Waals surface area contributed by atoms with Gasteiger partial charge in [0, 0.05) is 17.1 Å². The predicted octanol–water partition coefficient (Wildman–Crippen LogP) is 3.70. The topological polar surface area (TPSA) is 47.0 Å². The number of rotatable bonds is 5. The van der Waals surface area contributed by atoms with Crippen LogP contribution in [0.2, 0.25) is 5.02 Å². The van der Waals surface area contributed by atoms with Crippen molar-refractivity contribution in [3.05, 3.63) is 47.2 Å². The van der Waals surface area contributed by atoms with Crippen LogP contribution in [0, 0.1) is 0 Å². The molecular weight excluding hydrogens is 262 g/mol. The van der Waals surface area contributed by atoms with E-state index in [4.69, 9.17) is 16.3 Å². The summed E-state index contributed by atoms with van der Waals surface area (Å²) in [6.07, 6.45) is 1.49. The highest BCUT2D eigenvalue weighted by atomic mass is 35.5. The Morgan fingerprint density at radius 1 is 1.26 bits per heavy atom. The Morgan fingerprint density at radius 2 is 2.00 bits per heavy atom. The van der Waals surface area contributed by atoms with Gasteiger partial charge in [-0.1, -0.05) is 23.7 Å². The highest BCUT2D eigenvalue weighted by Gasteiger charge is 2.07. The maximum Gasteiger partial charge on any atom is 0.218 e. The molecule has 5 heteroatoms. The first kappa shape index (κ1) is 13.6. The van der Waals surface area contributed by atoms with Crippen molar-refractivity contribution in [2.75, 3.05) is 11.9 Å². The number of hydrogen-bond acceptors (Lipinski definition) is 4. The van der Waals surface area contributed by atoms with Crippen LogP contribution >= 0.6 is 11.6 Å². The molecule has 0 saturated carbocycles. The summed E-state index contributed by atoms with van der Waals surface area (Å²) in [6.45, 7) is 4.57. The molecule has 0 amide bonds. The van der Waals surface area contributed by atoms with Crippen molar-refractivity contribution in [1.82, 2.24) is 9.97 Å². The Hall–Kier alpha value is -1.81. The van der Waals surface area contributed by atoms with Crippen molar-refractivity contribution in [2.45, 2.75) is 19.9 Å². The number of nitrogens with zero attached hydrogens (tertiary/aromatic N) is 2. The Balaban J connectivity index is 2.07. The zero-order valence-electron chi connectivity index (χ0n) is 10.9. The molecule has 100 valence electrons. The molecular formula is C14H16ClN3O. The van der Waals surface area contributed by atoms with Gasteiger partial charge in [-0.25, -0.2) is 9.97 Å². The van der Waals surface area contributed by atoms with Gasteiger partial charge in [0.05, 0.1) is 6.61 Å². The van der Waals surface area contributed by atoms with E-state index in [1.54, 1.807) is 6.07 Å². The lowest BCUT2D eigenvalue weighted by Crippen LogP contribution is -2.08. The van der Waals surface area contributed by atoms with Gasteiger partial charge in [-0.15, -0.1) is 0 Å². The fourth-order valence-corrected chi connectivity index (χ4v) is 1.83. The average molecular weight is 278 g/mol. The lowest BCUT2D eigenvalue weighted by molar-refractivity contribution is 0.326. The van der Waals surface area contributed by atoms with Crippen LogP contribution in [0.15, 0.2) is 36.7 Å². The van der Waals surface area contributed by atoms with Gasteiger partial charge >= 0.3 is 0 Å². The number of anilines is 1. The average Bonchev–Trinajstić information content (AvgIpc) is 2.40. The molecule has 0 bridgehead atoms. The van der Waals surface area contributed by atoms with Gasteiger partial charge in [0.1, 0.15) is 12.1 Å². The van der Waals surface area contributed by atoms with Gasteiger partial charge in [-0.3, -0.25) is 0 Å². The summed E-state index contributed by atoms with van der Waals surface area (Å²) in [4.78, 5) is 8.21. The van der Waals surface area contributed by atoms with E-state index in [0.717, 1.165) is 16.4 Å². The molecule has 19 heavy (non-hydrogen) atoms. The summed E-state index contributed by atoms with van der Waals surface area (Å²) in [6, 6.07) is 9.65. The SMILES string of the molecule is CCOc1cc(NC(C)c2ccc(Cl)cc2)ncn1. The molecule has 4 nitrogen and oxygen atoms in total. The highest BCUT2D eigenvalue weighted by Crippen LogP contribution is 2.21.